The van der Waals surface area contributed by atoms with Crippen molar-refractivity contribution in [1.82, 2.24) is 10.3 Å². The number of anilines is 2. The number of hydrogen-bond acceptors (Lipinski definition) is 4. The highest BCUT2D eigenvalue weighted by atomic mass is 35.5. The molecule has 1 aliphatic carbocycles. The van der Waals surface area contributed by atoms with Crippen molar-refractivity contribution < 1.29 is 13.6 Å². The fraction of sp³-hybridized carbons (Fsp3) is 0.333. The molecule has 1 aliphatic rings. The van der Waals surface area contributed by atoms with Crippen molar-refractivity contribution in [2.45, 2.75) is 37.8 Å². The van der Waals surface area contributed by atoms with E-state index in [-0.39, 0.29) is 17.6 Å². The van der Waals surface area contributed by atoms with Crippen LogP contribution in [0.5, 0.6) is 0 Å². The van der Waals surface area contributed by atoms with Crippen LogP contribution in [0.25, 0.3) is 10.9 Å². The van der Waals surface area contributed by atoms with Gasteiger partial charge in [0.05, 0.1) is 11.1 Å². The van der Waals surface area contributed by atoms with E-state index in [1.165, 1.54) is 0 Å². The zero-order valence-corrected chi connectivity index (χ0v) is 18.7. The average Bonchev–Trinajstić information content (AvgIpc) is 2.78. The first-order valence-corrected chi connectivity index (χ1v) is 11.0. The third-order valence-electron chi connectivity index (χ3n) is 5.87. The zero-order valence-electron chi connectivity index (χ0n) is 18.0. The van der Waals surface area contributed by atoms with E-state index >= 15 is 0 Å². The lowest BCUT2D eigenvalue weighted by molar-refractivity contribution is 0.0922. The van der Waals surface area contributed by atoms with E-state index in [1.807, 2.05) is 32.3 Å². The summed E-state index contributed by atoms with van der Waals surface area (Å²) in [6.45, 7) is 0. The number of carbonyl (C=O) groups is 1. The van der Waals surface area contributed by atoms with Gasteiger partial charge in [-0.15, -0.1) is 0 Å². The predicted octanol–water partition coefficient (Wildman–Crippen LogP) is 5.39. The van der Waals surface area contributed by atoms with Crippen molar-refractivity contribution in [2.75, 3.05) is 24.3 Å². The van der Waals surface area contributed by atoms with Crippen molar-refractivity contribution in [1.29, 1.82) is 0 Å². The number of rotatable bonds is 5. The first kappa shape index (κ1) is 22.3. The second kappa shape index (κ2) is 9.28. The number of fused-ring (bicyclic) bond motifs is 1. The Labute approximate surface area is 190 Å². The van der Waals surface area contributed by atoms with E-state index in [0.29, 0.717) is 0 Å². The minimum Gasteiger partial charge on any atom is -0.377 e. The van der Waals surface area contributed by atoms with E-state index in [0.717, 1.165) is 60.2 Å². The summed E-state index contributed by atoms with van der Waals surface area (Å²) in [7, 11) is 4.02. The highest BCUT2D eigenvalue weighted by molar-refractivity contribution is 6.31. The summed E-state index contributed by atoms with van der Waals surface area (Å²) in [4.78, 5) is 19.3. The minimum atomic E-state index is -1.03. The van der Waals surface area contributed by atoms with Crippen LogP contribution < -0.4 is 15.5 Å². The van der Waals surface area contributed by atoms with Crippen LogP contribution in [0.15, 0.2) is 42.5 Å². The van der Waals surface area contributed by atoms with Crippen LogP contribution in [-0.2, 0) is 0 Å². The fourth-order valence-electron chi connectivity index (χ4n) is 4.16. The summed E-state index contributed by atoms with van der Waals surface area (Å²) in [6, 6.07) is 12.4. The molecule has 0 radical (unpaired) electrons. The number of para-hydroxylation sites is 1. The topological polar surface area (TPSA) is 57.3 Å². The Morgan fingerprint density at radius 1 is 1.06 bits per heavy atom. The molecule has 0 unspecified atom stereocenters. The van der Waals surface area contributed by atoms with Crippen molar-refractivity contribution in [3.63, 3.8) is 0 Å². The van der Waals surface area contributed by atoms with Gasteiger partial charge in [-0.05, 0) is 43.9 Å². The molecule has 1 aromatic heterocycles. The van der Waals surface area contributed by atoms with Gasteiger partial charge in [0.25, 0.3) is 5.91 Å². The van der Waals surface area contributed by atoms with E-state index in [2.05, 4.69) is 27.7 Å². The molecule has 3 aromatic rings. The fourth-order valence-corrected chi connectivity index (χ4v) is 4.32. The Balaban J connectivity index is 1.38. The largest absolute Gasteiger partial charge is 0.377 e. The van der Waals surface area contributed by atoms with Crippen molar-refractivity contribution in [3.8, 4) is 0 Å². The van der Waals surface area contributed by atoms with Crippen molar-refractivity contribution >= 4 is 39.9 Å². The van der Waals surface area contributed by atoms with E-state index in [9.17, 15) is 13.6 Å². The number of halogens is 3. The van der Waals surface area contributed by atoms with Gasteiger partial charge in [0.15, 0.2) is 5.82 Å². The quantitative estimate of drug-likeness (QED) is 0.503. The third-order valence-corrected chi connectivity index (χ3v) is 6.22. The maximum atomic E-state index is 14.1. The lowest BCUT2D eigenvalue weighted by atomic mass is 9.91. The van der Waals surface area contributed by atoms with Crippen molar-refractivity contribution in [3.05, 3.63) is 64.7 Å². The number of aromatic nitrogens is 1. The summed E-state index contributed by atoms with van der Waals surface area (Å²) >= 11 is 5.59. The van der Waals surface area contributed by atoms with Crippen LogP contribution in [0.1, 0.15) is 36.0 Å². The predicted molar refractivity (Wildman–Crippen MR) is 125 cm³/mol. The molecular weight excluding hydrogens is 434 g/mol. The van der Waals surface area contributed by atoms with E-state index < -0.39 is 22.6 Å². The molecule has 1 fully saturated rings. The Bertz CT molecular complexity index is 1150. The van der Waals surface area contributed by atoms with Crippen LogP contribution in [0, 0.1) is 11.6 Å². The molecule has 2 aromatic carbocycles. The molecule has 32 heavy (non-hydrogen) atoms. The Kier molecular flexibility index (Phi) is 6.46. The standard InChI is InChI=1S/C24H25ClF2N4O/c1-31(2)20-13-21(30-19-6-4-3-5-16(19)20)28-14-7-9-15(10-8-14)29-24(32)17-11-12-18(26)22(25)23(17)27/h3-6,11-15H,7-10H2,1-2H3,(H,28,30)(H,29,32). The van der Waals surface area contributed by atoms with Gasteiger partial charge in [0.2, 0.25) is 0 Å². The second-order valence-corrected chi connectivity index (χ2v) is 8.71. The molecule has 1 amide bonds. The van der Waals surface area contributed by atoms with Crippen LogP contribution in [0.2, 0.25) is 5.02 Å². The number of nitrogens with one attached hydrogen (secondary N) is 2. The number of carbonyl (C=O) groups excluding carboxylic acids is 1. The minimum absolute atomic E-state index is 0.0781. The molecular formula is C24H25ClF2N4O. The van der Waals surface area contributed by atoms with Gasteiger partial charge in [-0.3, -0.25) is 4.79 Å². The van der Waals surface area contributed by atoms with E-state index in [1.54, 1.807) is 0 Å². The molecule has 168 valence electrons. The molecule has 0 atom stereocenters. The number of amides is 1. The molecule has 5 nitrogen and oxygen atoms in total. The molecule has 1 heterocycles. The summed E-state index contributed by atoms with van der Waals surface area (Å²) in [5.41, 5.74) is 1.79. The Morgan fingerprint density at radius 3 is 2.47 bits per heavy atom. The van der Waals surface area contributed by atoms with Crippen LogP contribution in [0.4, 0.5) is 20.3 Å². The van der Waals surface area contributed by atoms with Gasteiger partial charge in [-0.2, -0.15) is 0 Å². The van der Waals surface area contributed by atoms with Crippen LogP contribution in [-0.4, -0.2) is 37.1 Å². The van der Waals surface area contributed by atoms with Crippen LogP contribution in [0.3, 0.4) is 0 Å². The first-order chi connectivity index (χ1) is 15.3. The zero-order chi connectivity index (χ0) is 22.8. The van der Waals surface area contributed by atoms with Gasteiger partial charge in [-0.1, -0.05) is 29.8 Å². The molecule has 8 heteroatoms. The van der Waals surface area contributed by atoms with Gasteiger partial charge < -0.3 is 15.5 Å². The normalized spacial score (nSPS) is 18.4. The maximum absolute atomic E-state index is 14.1. The molecule has 1 saturated carbocycles. The summed E-state index contributed by atoms with van der Waals surface area (Å²) in [6.07, 6.45) is 3.16. The lowest BCUT2D eigenvalue weighted by Crippen LogP contribution is -2.40. The molecule has 0 bridgehead atoms. The Morgan fingerprint density at radius 2 is 1.75 bits per heavy atom. The van der Waals surface area contributed by atoms with Crippen LogP contribution >= 0.6 is 11.6 Å². The monoisotopic (exact) mass is 458 g/mol. The van der Waals surface area contributed by atoms with Gasteiger partial charge in [0.1, 0.15) is 16.7 Å². The first-order valence-electron chi connectivity index (χ1n) is 10.6. The molecule has 2 N–H and O–H groups in total. The average molecular weight is 459 g/mol. The van der Waals surface area contributed by atoms with E-state index in [4.69, 9.17) is 16.6 Å². The number of nitrogens with zero attached hydrogens (tertiary/aromatic N) is 2. The number of benzene rings is 2. The summed E-state index contributed by atoms with van der Waals surface area (Å²) in [5, 5.41) is 6.81. The number of hydrogen-bond donors (Lipinski definition) is 2. The molecule has 0 aliphatic heterocycles. The summed E-state index contributed by atoms with van der Waals surface area (Å²) < 4.78 is 27.5. The lowest BCUT2D eigenvalue weighted by Gasteiger charge is -2.30. The smallest absolute Gasteiger partial charge is 0.254 e. The maximum Gasteiger partial charge on any atom is 0.254 e. The van der Waals surface area contributed by atoms with Gasteiger partial charge in [0, 0.05) is 43.3 Å². The number of pyridine rings is 1. The SMILES string of the molecule is CN(C)c1cc(NC2CCC(NC(=O)c3ccc(F)c(Cl)c3F)CC2)nc2ccccc12. The highest BCUT2D eigenvalue weighted by Gasteiger charge is 2.25. The van der Waals surface area contributed by atoms with Gasteiger partial charge in [-0.25, -0.2) is 13.8 Å². The molecule has 0 spiro atoms. The van der Waals surface area contributed by atoms with Crippen molar-refractivity contribution in [2.24, 2.45) is 0 Å². The second-order valence-electron chi connectivity index (χ2n) is 8.33. The third kappa shape index (κ3) is 4.63. The summed E-state index contributed by atoms with van der Waals surface area (Å²) in [5.74, 6) is -1.67. The highest BCUT2D eigenvalue weighted by Crippen LogP contribution is 2.29. The van der Waals surface area contributed by atoms with Gasteiger partial charge >= 0.3 is 0 Å². The Hall–Kier alpha value is -2.93. The molecule has 4 rings (SSSR count). The molecule has 0 saturated heterocycles.